The molecule has 0 heterocycles. The van der Waals surface area contributed by atoms with Gasteiger partial charge in [0.2, 0.25) is 5.91 Å². The zero-order valence-corrected chi connectivity index (χ0v) is 14.2. The molecule has 0 radical (unpaired) electrons. The van der Waals surface area contributed by atoms with E-state index in [1.54, 1.807) is 0 Å². The molecule has 0 saturated heterocycles. The molecule has 4 nitrogen and oxygen atoms in total. The molecule has 0 aliphatic rings. The van der Waals surface area contributed by atoms with Crippen LogP contribution in [-0.2, 0) is 4.79 Å². The van der Waals surface area contributed by atoms with E-state index in [1.807, 2.05) is 32.0 Å². The van der Waals surface area contributed by atoms with Gasteiger partial charge in [-0.15, -0.1) is 0 Å². The Kier molecular flexibility index (Phi) is 6.22. The van der Waals surface area contributed by atoms with Crippen molar-refractivity contribution in [1.29, 1.82) is 0 Å². The number of benzene rings is 2. The van der Waals surface area contributed by atoms with Crippen LogP contribution in [0.1, 0.15) is 34.3 Å². The second-order valence-electron chi connectivity index (χ2n) is 5.78. The molecule has 0 aromatic heterocycles. The third kappa shape index (κ3) is 5.11. The van der Waals surface area contributed by atoms with Crippen molar-refractivity contribution < 1.29 is 18.4 Å². The van der Waals surface area contributed by atoms with Gasteiger partial charge in [0.15, 0.2) is 0 Å². The fourth-order valence-electron chi connectivity index (χ4n) is 2.32. The summed E-state index contributed by atoms with van der Waals surface area (Å²) in [7, 11) is 0. The van der Waals surface area contributed by atoms with Gasteiger partial charge in [-0.1, -0.05) is 12.1 Å². The van der Waals surface area contributed by atoms with Gasteiger partial charge in [0.25, 0.3) is 5.91 Å². The van der Waals surface area contributed by atoms with E-state index < -0.39 is 17.5 Å². The third-order valence-corrected chi connectivity index (χ3v) is 3.92. The molecule has 0 unspecified atom stereocenters. The number of nitrogens with one attached hydrogen (secondary N) is 2. The second kappa shape index (κ2) is 8.37. The molecule has 2 amide bonds. The molecule has 6 heteroatoms. The average molecular weight is 346 g/mol. The van der Waals surface area contributed by atoms with Crippen LogP contribution in [0.4, 0.5) is 14.5 Å². The lowest BCUT2D eigenvalue weighted by molar-refractivity contribution is -0.116. The van der Waals surface area contributed by atoms with Crippen molar-refractivity contribution in [3.63, 3.8) is 0 Å². The maximum Gasteiger partial charge on any atom is 0.254 e. The standard InChI is InChI=1S/C19H20F2N2O2/c1-12-5-3-6-17(13(12)2)23-18(24)7-4-10-22-19(25)15-9-8-14(20)11-16(15)21/h3,5-6,8-9,11H,4,7,10H2,1-2H3,(H,22,25)(H,23,24). The van der Waals surface area contributed by atoms with Crippen molar-refractivity contribution in [2.45, 2.75) is 26.7 Å². The highest BCUT2D eigenvalue weighted by Gasteiger charge is 2.12. The Morgan fingerprint density at radius 2 is 1.84 bits per heavy atom. The molecule has 0 spiro atoms. The number of aryl methyl sites for hydroxylation is 1. The lowest BCUT2D eigenvalue weighted by Crippen LogP contribution is -2.26. The highest BCUT2D eigenvalue weighted by atomic mass is 19.1. The molecule has 0 bridgehead atoms. The monoisotopic (exact) mass is 346 g/mol. The number of hydrogen-bond acceptors (Lipinski definition) is 2. The summed E-state index contributed by atoms with van der Waals surface area (Å²) in [4.78, 5) is 23.8. The predicted molar refractivity (Wildman–Crippen MR) is 92.5 cm³/mol. The van der Waals surface area contributed by atoms with Crippen LogP contribution in [0.2, 0.25) is 0 Å². The zero-order valence-electron chi connectivity index (χ0n) is 14.2. The Labute approximate surface area is 145 Å². The number of carbonyl (C=O) groups is 2. The SMILES string of the molecule is Cc1cccc(NC(=O)CCCNC(=O)c2ccc(F)cc2F)c1C. The fourth-order valence-corrected chi connectivity index (χ4v) is 2.32. The van der Waals surface area contributed by atoms with Gasteiger partial charge < -0.3 is 10.6 Å². The second-order valence-corrected chi connectivity index (χ2v) is 5.78. The van der Waals surface area contributed by atoms with Crippen molar-refractivity contribution in [3.05, 3.63) is 64.7 Å². The van der Waals surface area contributed by atoms with Crippen LogP contribution in [0.15, 0.2) is 36.4 Å². The summed E-state index contributed by atoms with van der Waals surface area (Å²) in [6.45, 7) is 4.12. The Morgan fingerprint density at radius 3 is 2.56 bits per heavy atom. The maximum absolute atomic E-state index is 13.5. The largest absolute Gasteiger partial charge is 0.352 e. The van der Waals surface area contributed by atoms with E-state index in [2.05, 4.69) is 10.6 Å². The Hall–Kier alpha value is -2.76. The molecule has 0 atom stereocenters. The fraction of sp³-hybridized carbons (Fsp3) is 0.263. The topological polar surface area (TPSA) is 58.2 Å². The summed E-state index contributed by atoms with van der Waals surface area (Å²) in [5, 5.41) is 5.35. The first kappa shape index (κ1) is 18.6. The predicted octanol–water partition coefficient (Wildman–Crippen LogP) is 3.73. The van der Waals surface area contributed by atoms with E-state index in [0.717, 1.165) is 28.9 Å². The lowest BCUT2D eigenvalue weighted by atomic mass is 10.1. The molecule has 0 aliphatic heterocycles. The quantitative estimate of drug-likeness (QED) is 0.783. The summed E-state index contributed by atoms with van der Waals surface area (Å²) in [5.41, 5.74) is 2.64. The number of halogens is 2. The van der Waals surface area contributed by atoms with E-state index >= 15 is 0 Å². The molecule has 0 fully saturated rings. The van der Waals surface area contributed by atoms with Gasteiger partial charge in [-0.3, -0.25) is 9.59 Å². The Balaban J connectivity index is 1.78. The summed E-state index contributed by atoms with van der Waals surface area (Å²) in [6, 6.07) is 8.44. The smallest absolute Gasteiger partial charge is 0.254 e. The first-order valence-electron chi connectivity index (χ1n) is 7.98. The molecule has 2 aromatic carbocycles. The van der Waals surface area contributed by atoms with Gasteiger partial charge >= 0.3 is 0 Å². The maximum atomic E-state index is 13.5. The molecule has 0 aliphatic carbocycles. The van der Waals surface area contributed by atoms with Crippen LogP contribution in [0.3, 0.4) is 0 Å². The van der Waals surface area contributed by atoms with Gasteiger partial charge in [-0.05, 0) is 49.6 Å². The molecule has 2 aromatic rings. The van der Waals surface area contributed by atoms with E-state index in [9.17, 15) is 18.4 Å². The number of carbonyl (C=O) groups excluding carboxylic acids is 2. The molecular weight excluding hydrogens is 326 g/mol. The Morgan fingerprint density at radius 1 is 1.08 bits per heavy atom. The summed E-state index contributed by atoms with van der Waals surface area (Å²) in [6.07, 6.45) is 0.630. The minimum atomic E-state index is -0.912. The minimum Gasteiger partial charge on any atom is -0.352 e. The van der Waals surface area contributed by atoms with E-state index in [-0.39, 0.29) is 24.4 Å². The molecule has 2 rings (SSSR count). The summed E-state index contributed by atoms with van der Waals surface area (Å²) in [5.74, 6) is -2.44. The number of hydrogen-bond donors (Lipinski definition) is 2. The van der Waals surface area contributed by atoms with Gasteiger partial charge in [-0.25, -0.2) is 8.78 Å². The molecule has 0 saturated carbocycles. The average Bonchev–Trinajstić information content (AvgIpc) is 2.55. The van der Waals surface area contributed by atoms with Gasteiger partial charge in [0, 0.05) is 24.7 Å². The third-order valence-electron chi connectivity index (χ3n) is 3.92. The van der Waals surface area contributed by atoms with Crippen LogP contribution in [0.5, 0.6) is 0 Å². The van der Waals surface area contributed by atoms with Crippen LogP contribution >= 0.6 is 0 Å². The van der Waals surface area contributed by atoms with Crippen LogP contribution in [-0.4, -0.2) is 18.4 Å². The lowest BCUT2D eigenvalue weighted by Gasteiger charge is -2.10. The van der Waals surface area contributed by atoms with Gasteiger partial charge in [0.1, 0.15) is 11.6 Å². The van der Waals surface area contributed by atoms with Gasteiger partial charge in [0.05, 0.1) is 5.56 Å². The van der Waals surface area contributed by atoms with Crippen LogP contribution < -0.4 is 10.6 Å². The first-order chi connectivity index (χ1) is 11.9. The number of rotatable bonds is 6. The van der Waals surface area contributed by atoms with Crippen molar-refractivity contribution >= 4 is 17.5 Å². The van der Waals surface area contributed by atoms with Crippen molar-refractivity contribution in [1.82, 2.24) is 5.32 Å². The highest BCUT2D eigenvalue weighted by molar-refractivity contribution is 5.94. The Bertz CT molecular complexity index is 791. The number of amides is 2. The van der Waals surface area contributed by atoms with Crippen molar-refractivity contribution in [2.24, 2.45) is 0 Å². The van der Waals surface area contributed by atoms with Crippen molar-refractivity contribution in [3.8, 4) is 0 Å². The highest BCUT2D eigenvalue weighted by Crippen LogP contribution is 2.18. The summed E-state index contributed by atoms with van der Waals surface area (Å²) < 4.78 is 26.3. The van der Waals surface area contributed by atoms with E-state index in [1.165, 1.54) is 0 Å². The molecular formula is C19H20F2N2O2. The molecule has 2 N–H and O–H groups in total. The minimum absolute atomic E-state index is 0.157. The van der Waals surface area contributed by atoms with E-state index in [0.29, 0.717) is 12.5 Å². The first-order valence-corrected chi connectivity index (χ1v) is 7.98. The van der Waals surface area contributed by atoms with Gasteiger partial charge in [-0.2, -0.15) is 0 Å². The normalized spacial score (nSPS) is 10.4. The molecule has 25 heavy (non-hydrogen) atoms. The molecule has 132 valence electrons. The van der Waals surface area contributed by atoms with Crippen LogP contribution in [0.25, 0.3) is 0 Å². The van der Waals surface area contributed by atoms with E-state index in [4.69, 9.17) is 0 Å². The summed E-state index contributed by atoms with van der Waals surface area (Å²) >= 11 is 0. The number of anilines is 1. The zero-order chi connectivity index (χ0) is 18.4. The van der Waals surface area contributed by atoms with Crippen LogP contribution in [0, 0.1) is 25.5 Å². The van der Waals surface area contributed by atoms with Crippen molar-refractivity contribution in [2.75, 3.05) is 11.9 Å².